The van der Waals surface area contributed by atoms with Crippen molar-refractivity contribution in [1.82, 2.24) is 4.90 Å². The van der Waals surface area contributed by atoms with Crippen molar-refractivity contribution in [2.75, 3.05) is 13.6 Å². The third kappa shape index (κ3) is 2.57. The molecule has 0 aliphatic heterocycles. The van der Waals surface area contributed by atoms with E-state index >= 15 is 0 Å². The zero-order valence-electron chi connectivity index (χ0n) is 10.3. The number of nitrogens with two attached hydrogens (primary N) is 1. The van der Waals surface area contributed by atoms with Crippen LogP contribution in [0.25, 0.3) is 0 Å². The molecule has 2 atom stereocenters. The summed E-state index contributed by atoms with van der Waals surface area (Å²) in [7, 11) is 1.95. The minimum absolute atomic E-state index is 0.0961. The molecule has 0 aromatic heterocycles. The molecule has 16 heavy (non-hydrogen) atoms. The summed E-state index contributed by atoms with van der Waals surface area (Å²) >= 11 is 0. The SMILES string of the molecule is CN(CC1CCC1)C(=O)C1CCCCC1N. The summed E-state index contributed by atoms with van der Waals surface area (Å²) in [5.74, 6) is 1.15. The zero-order valence-corrected chi connectivity index (χ0v) is 10.3. The van der Waals surface area contributed by atoms with Crippen molar-refractivity contribution in [1.29, 1.82) is 0 Å². The van der Waals surface area contributed by atoms with Crippen LogP contribution in [0.1, 0.15) is 44.9 Å². The van der Waals surface area contributed by atoms with Crippen LogP contribution in [0.5, 0.6) is 0 Å². The van der Waals surface area contributed by atoms with Gasteiger partial charge in [0.1, 0.15) is 0 Å². The first kappa shape index (κ1) is 11.9. The number of hydrogen-bond acceptors (Lipinski definition) is 2. The number of hydrogen-bond donors (Lipinski definition) is 1. The maximum atomic E-state index is 12.2. The summed E-state index contributed by atoms with van der Waals surface area (Å²) in [5, 5.41) is 0. The molecule has 2 saturated carbocycles. The van der Waals surface area contributed by atoms with Crippen LogP contribution in [-0.4, -0.2) is 30.4 Å². The van der Waals surface area contributed by atoms with Crippen molar-refractivity contribution in [2.45, 2.75) is 51.0 Å². The summed E-state index contributed by atoms with van der Waals surface area (Å²) in [6.45, 7) is 0.946. The summed E-state index contributed by atoms with van der Waals surface area (Å²) in [6, 6.07) is 0.102. The van der Waals surface area contributed by atoms with Gasteiger partial charge < -0.3 is 10.6 Å². The summed E-state index contributed by atoms with van der Waals surface area (Å²) < 4.78 is 0. The Balaban J connectivity index is 1.84. The third-order valence-electron chi connectivity index (χ3n) is 4.27. The van der Waals surface area contributed by atoms with E-state index in [9.17, 15) is 4.79 Å². The summed E-state index contributed by atoms with van der Waals surface area (Å²) in [4.78, 5) is 14.2. The van der Waals surface area contributed by atoms with Crippen LogP contribution in [0.2, 0.25) is 0 Å². The third-order valence-corrected chi connectivity index (χ3v) is 4.27. The van der Waals surface area contributed by atoms with E-state index in [2.05, 4.69) is 0 Å². The van der Waals surface area contributed by atoms with E-state index in [1.165, 1.54) is 32.1 Å². The van der Waals surface area contributed by atoms with Gasteiger partial charge in [-0.1, -0.05) is 19.3 Å². The van der Waals surface area contributed by atoms with Gasteiger partial charge in [0.15, 0.2) is 0 Å². The van der Waals surface area contributed by atoms with E-state index in [1.807, 2.05) is 11.9 Å². The van der Waals surface area contributed by atoms with E-state index in [0.29, 0.717) is 5.91 Å². The molecule has 0 saturated heterocycles. The lowest BCUT2D eigenvalue weighted by atomic mass is 9.82. The molecule has 3 nitrogen and oxygen atoms in total. The molecule has 0 spiro atoms. The molecule has 2 aliphatic rings. The molecule has 2 fully saturated rings. The smallest absolute Gasteiger partial charge is 0.226 e. The van der Waals surface area contributed by atoms with E-state index in [4.69, 9.17) is 5.73 Å². The quantitative estimate of drug-likeness (QED) is 0.794. The minimum atomic E-state index is 0.0961. The van der Waals surface area contributed by atoms with Gasteiger partial charge >= 0.3 is 0 Å². The highest BCUT2D eigenvalue weighted by Crippen LogP contribution is 2.29. The van der Waals surface area contributed by atoms with Gasteiger partial charge in [-0.2, -0.15) is 0 Å². The Morgan fingerprint density at radius 2 is 1.88 bits per heavy atom. The minimum Gasteiger partial charge on any atom is -0.345 e. The molecule has 0 heterocycles. The lowest BCUT2D eigenvalue weighted by Gasteiger charge is -2.35. The highest BCUT2D eigenvalue weighted by atomic mass is 16.2. The first-order valence-corrected chi connectivity index (χ1v) is 6.69. The standard InChI is InChI=1S/C13H24N2O/c1-15(9-10-5-4-6-10)13(16)11-7-2-3-8-12(11)14/h10-12H,2-9,14H2,1H3. The van der Waals surface area contributed by atoms with Crippen LogP contribution in [0.3, 0.4) is 0 Å². The number of amides is 1. The van der Waals surface area contributed by atoms with Gasteiger partial charge in [-0.25, -0.2) is 0 Å². The Morgan fingerprint density at radius 1 is 1.19 bits per heavy atom. The van der Waals surface area contributed by atoms with Crippen molar-refractivity contribution in [2.24, 2.45) is 17.6 Å². The fourth-order valence-corrected chi connectivity index (χ4v) is 2.90. The van der Waals surface area contributed by atoms with Crippen molar-refractivity contribution >= 4 is 5.91 Å². The maximum absolute atomic E-state index is 12.2. The van der Waals surface area contributed by atoms with Gasteiger partial charge in [0.05, 0.1) is 5.92 Å². The monoisotopic (exact) mass is 224 g/mol. The second kappa shape index (κ2) is 5.17. The molecule has 3 heteroatoms. The second-order valence-electron chi connectivity index (χ2n) is 5.57. The Morgan fingerprint density at radius 3 is 2.44 bits per heavy atom. The van der Waals surface area contributed by atoms with Gasteiger partial charge in [0.2, 0.25) is 5.91 Å². The highest BCUT2D eigenvalue weighted by molar-refractivity contribution is 5.79. The largest absolute Gasteiger partial charge is 0.345 e. The molecular weight excluding hydrogens is 200 g/mol. The molecule has 1 amide bonds. The molecule has 0 bridgehead atoms. The number of nitrogens with zero attached hydrogens (tertiary/aromatic N) is 1. The van der Waals surface area contributed by atoms with E-state index < -0.39 is 0 Å². The molecule has 2 rings (SSSR count). The number of carbonyl (C=O) groups excluding carboxylic acids is 1. The predicted molar refractivity (Wildman–Crippen MR) is 64.9 cm³/mol. The molecular formula is C13H24N2O. The van der Waals surface area contributed by atoms with E-state index in [0.717, 1.165) is 25.3 Å². The van der Waals surface area contributed by atoms with Crippen LogP contribution in [0, 0.1) is 11.8 Å². The van der Waals surface area contributed by atoms with Crippen LogP contribution >= 0.6 is 0 Å². The van der Waals surface area contributed by atoms with Crippen molar-refractivity contribution < 1.29 is 4.79 Å². The molecule has 2 N–H and O–H groups in total. The number of rotatable bonds is 3. The Kier molecular flexibility index (Phi) is 3.85. The molecule has 2 aliphatic carbocycles. The maximum Gasteiger partial charge on any atom is 0.226 e. The topological polar surface area (TPSA) is 46.3 Å². The number of carbonyl (C=O) groups is 1. The average Bonchev–Trinajstić information content (AvgIpc) is 2.23. The lowest BCUT2D eigenvalue weighted by Crippen LogP contribution is -2.46. The molecule has 92 valence electrons. The van der Waals surface area contributed by atoms with Crippen LogP contribution in [0.15, 0.2) is 0 Å². The van der Waals surface area contributed by atoms with Crippen molar-refractivity contribution in [3.63, 3.8) is 0 Å². The first-order chi connectivity index (χ1) is 7.68. The van der Waals surface area contributed by atoms with Crippen LogP contribution in [-0.2, 0) is 4.79 Å². The van der Waals surface area contributed by atoms with Crippen LogP contribution in [0.4, 0.5) is 0 Å². The van der Waals surface area contributed by atoms with Gasteiger partial charge in [-0.15, -0.1) is 0 Å². The summed E-state index contributed by atoms with van der Waals surface area (Å²) in [5.41, 5.74) is 6.05. The molecule has 0 radical (unpaired) electrons. The Bertz CT molecular complexity index is 250. The fourth-order valence-electron chi connectivity index (χ4n) is 2.90. The van der Waals surface area contributed by atoms with Crippen molar-refractivity contribution in [3.8, 4) is 0 Å². The summed E-state index contributed by atoms with van der Waals surface area (Å²) in [6.07, 6.45) is 8.32. The van der Waals surface area contributed by atoms with Gasteiger partial charge in [-0.05, 0) is 31.6 Å². The second-order valence-corrected chi connectivity index (χ2v) is 5.57. The first-order valence-electron chi connectivity index (χ1n) is 6.69. The normalized spacial score (nSPS) is 30.9. The molecule has 2 unspecified atom stereocenters. The van der Waals surface area contributed by atoms with Crippen LogP contribution < -0.4 is 5.73 Å². The fraction of sp³-hybridized carbons (Fsp3) is 0.923. The molecule has 0 aromatic carbocycles. The van der Waals surface area contributed by atoms with Gasteiger partial charge in [0, 0.05) is 19.6 Å². The Labute approximate surface area is 98.4 Å². The van der Waals surface area contributed by atoms with Crippen molar-refractivity contribution in [3.05, 3.63) is 0 Å². The molecule has 0 aromatic rings. The predicted octanol–water partition coefficient (Wildman–Crippen LogP) is 1.76. The van der Waals surface area contributed by atoms with E-state index in [1.54, 1.807) is 0 Å². The zero-order chi connectivity index (χ0) is 11.5. The van der Waals surface area contributed by atoms with Gasteiger partial charge in [-0.3, -0.25) is 4.79 Å². The Hall–Kier alpha value is -0.570. The average molecular weight is 224 g/mol. The highest BCUT2D eigenvalue weighted by Gasteiger charge is 2.31. The lowest BCUT2D eigenvalue weighted by molar-refractivity contribution is -0.136. The van der Waals surface area contributed by atoms with E-state index in [-0.39, 0.29) is 12.0 Å². The van der Waals surface area contributed by atoms with Gasteiger partial charge in [0.25, 0.3) is 0 Å².